The summed E-state index contributed by atoms with van der Waals surface area (Å²) in [6.45, 7) is 6.24. The molecule has 0 bridgehead atoms. The number of rotatable bonds is 4. The van der Waals surface area contributed by atoms with Gasteiger partial charge in [0.05, 0.1) is 12.4 Å². The molecule has 1 atom stereocenters. The number of hydrogen-bond acceptors (Lipinski definition) is 4. The van der Waals surface area contributed by atoms with E-state index in [4.69, 9.17) is 5.11 Å². The maximum absolute atomic E-state index is 11.6. The lowest BCUT2D eigenvalue weighted by Gasteiger charge is -2.36. The van der Waals surface area contributed by atoms with Crippen molar-refractivity contribution < 1.29 is 13.5 Å². The van der Waals surface area contributed by atoms with Crippen molar-refractivity contribution in [2.45, 2.75) is 19.9 Å². The predicted molar refractivity (Wildman–Crippen MR) is 59.2 cm³/mol. The Kier molecular flexibility index (Phi) is 4.51. The van der Waals surface area contributed by atoms with Gasteiger partial charge in [0.25, 0.3) is 0 Å². The van der Waals surface area contributed by atoms with Gasteiger partial charge in [-0.3, -0.25) is 4.90 Å². The van der Waals surface area contributed by atoms with E-state index in [-0.39, 0.29) is 18.4 Å². The lowest BCUT2D eigenvalue weighted by Crippen LogP contribution is -2.52. The maximum atomic E-state index is 11.6. The van der Waals surface area contributed by atoms with E-state index >= 15 is 0 Å². The minimum absolute atomic E-state index is 0.122. The molecule has 1 heterocycles. The van der Waals surface area contributed by atoms with Crippen molar-refractivity contribution in [2.24, 2.45) is 0 Å². The topological polar surface area (TPSA) is 60.9 Å². The Hall–Kier alpha value is -0.170. The first kappa shape index (κ1) is 12.9. The van der Waals surface area contributed by atoms with Crippen molar-refractivity contribution in [3.8, 4) is 0 Å². The summed E-state index contributed by atoms with van der Waals surface area (Å²) in [4.78, 5) is 2.11. The lowest BCUT2D eigenvalue weighted by molar-refractivity contribution is 0.100. The largest absolute Gasteiger partial charge is 0.395 e. The van der Waals surface area contributed by atoms with E-state index in [1.807, 2.05) is 6.92 Å². The molecule has 0 radical (unpaired) electrons. The van der Waals surface area contributed by atoms with Crippen molar-refractivity contribution in [1.29, 1.82) is 0 Å². The Labute approximate surface area is 91.7 Å². The quantitative estimate of drug-likeness (QED) is 0.703. The Morgan fingerprint density at radius 1 is 1.27 bits per heavy atom. The Bertz CT molecular complexity index is 284. The summed E-state index contributed by atoms with van der Waals surface area (Å²) in [6, 6.07) is 0.122. The average molecular weight is 236 g/mol. The van der Waals surface area contributed by atoms with Crippen LogP contribution in [0.3, 0.4) is 0 Å². The fourth-order valence-electron chi connectivity index (χ4n) is 1.72. The molecule has 0 amide bonds. The molecular formula is C9H20N2O3S. The highest BCUT2D eigenvalue weighted by molar-refractivity contribution is 7.89. The third-order valence-corrected chi connectivity index (χ3v) is 4.80. The maximum Gasteiger partial charge on any atom is 0.213 e. The van der Waals surface area contributed by atoms with Gasteiger partial charge in [0.1, 0.15) is 0 Å². The molecule has 0 aromatic heterocycles. The molecule has 0 aliphatic carbocycles. The molecule has 1 aliphatic rings. The summed E-state index contributed by atoms with van der Waals surface area (Å²) in [5.74, 6) is 0.169. The molecule has 0 saturated carbocycles. The number of hydrogen-bond donors (Lipinski definition) is 1. The third kappa shape index (κ3) is 3.14. The van der Waals surface area contributed by atoms with E-state index < -0.39 is 10.0 Å². The molecule has 0 spiro atoms. The summed E-state index contributed by atoms with van der Waals surface area (Å²) in [7, 11) is -3.03. The van der Waals surface area contributed by atoms with E-state index in [0.717, 1.165) is 0 Å². The zero-order valence-electron chi connectivity index (χ0n) is 9.39. The zero-order valence-corrected chi connectivity index (χ0v) is 10.2. The van der Waals surface area contributed by atoms with Crippen LogP contribution in [-0.4, -0.2) is 67.3 Å². The van der Waals surface area contributed by atoms with Gasteiger partial charge in [0.15, 0.2) is 0 Å². The second-order valence-electron chi connectivity index (χ2n) is 3.87. The highest BCUT2D eigenvalue weighted by Crippen LogP contribution is 2.10. The highest BCUT2D eigenvalue weighted by Gasteiger charge is 2.26. The molecule has 6 heteroatoms. The van der Waals surface area contributed by atoms with Gasteiger partial charge in [0, 0.05) is 32.2 Å². The zero-order chi connectivity index (χ0) is 11.5. The van der Waals surface area contributed by atoms with Crippen LogP contribution in [0.25, 0.3) is 0 Å². The van der Waals surface area contributed by atoms with Crippen LogP contribution in [0.2, 0.25) is 0 Å². The van der Waals surface area contributed by atoms with Gasteiger partial charge in [-0.05, 0) is 13.8 Å². The number of piperazine rings is 1. The summed E-state index contributed by atoms with van der Waals surface area (Å²) < 4.78 is 24.7. The van der Waals surface area contributed by atoms with E-state index in [1.165, 1.54) is 4.31 Å². The van der Waals surface area contributed by atoms with Gasteiger partial charge in [-0.2, -0.15) is 4.31 Å². The molecular weight excluding hydrogens is 216 g/mol. The summed E-state index contributed by atoms with van der Waals surface area (Å²) >= 11 is 0. The Morgan fingerprint density at radius 2 is 1.80 bits per heavy atom. The second-order valence-corrected chi connectivity index (χ2v) is 6.12. The van der Waals surface area contributed by atoms with Gasteiger partial charge in [-0.1, -0.05) is 0 Å². The second kappa shape index (κ2) is 5.25. The number of aliphatic hydroxyl groups excluding tert-OH is 1. The van der Waals surface area contributed by atoms with Crippen LogP contribution in [0.15, 0.2) is 0 Å². The van der Waals surface area contributed by atoms with Crippen LogP contribution in [0, 0.1) is 0 Å². The van der Waals surface area contributed by atoms with Crippen molar-refractivity contribution >= 4 is 10.0 Å². The number of nitrogens with zero attached hydrogens (tertiary/aromatic N) is 2. The smallest absolute Gasteiger partial charge is 0.213 e. The summed E-state index contributed by atoms with van der Waals surface area (Å²) in [6.07, 6.45) is 0. The van der Waals surface area contributed by atoms with E-state index in [0.29, 0.717) is 26.2 Å². The molecule has 15 heavy (non-hydrogen) atoms. The van der Waals surface area contributed by atoms with E-state index in [2.05, 4.69) is 4.90 Å². The molecule has 90 valence electrons. The highest BCUT2D eigenvalue weighted by atomic mass is 32.2. The molecule has 1 unspecified atom stereocenters. The first-order valence-corrected chi connectivity index (χ1v) is 6.95. The van der Waals surface area contributed by atoms with E-state index in [1.54, 1.807) is 6.92 Å². The standard InChI is InChI=1S/C9H20N2O3S/c1-3-15(13,14)11-6-4-10(5-7-11)9(2)8-12/h9,12H,3-8H2,1-2H3. The van der Waals surface area contributed by atoms with Crippen molar-refractivity contribution in [3.63, 3.8) is 0 Å². The molecule has 0 aromatic rings. The average Bonchev–Trinajstić information content (AvgIpc) is 2.28. The number of sulfonamides is 1. The van der Waals surface area contributed by atoms with Crippen LogP contribution >= 0.6 is 0 Å². The molecule has 0 aromatic carbocycles. The van der Waals surface area contributed by atoms with Crippen LogP contribution in [0.5, 0.6) is 0 Å². The Morgan fingerprint density at radius 3 is 2.20 bits per heavy atom. The molecule has 1 saturated heterocycles. The third-order valence-electron chi connectivity index (χ3n) is 2.92. The van der Waals surface area contributed by atoms with Crippen LogP contribution in [0.1, 0.15) is 13.8 Å². The lowest BCUT2D eigenvalue weighted by atomic mass is 10.2. The first-order chi connectivity index (χ1) is 7.01. The fraction of sp³-hybridized carbons (Fsp3) is 1.00. The van der Waals surface area contributed by atoms with Gasteiger partial charge in [0.2, 0.25) is 10.0 Å². The molecule has 1 rings (SSSR count). The molecule has 1 N–H and O–H groups in total. The van der Waals surface area contributed by atoms with E-state index in [9.17, 15) is 8.42 Å². The first-order valence-electron chi connectivity index (χ1n) is 5.34. The van der Waals surface area contributed by atoms with Crippen LogP contribution in [0.4, 0.5) is 0 Å². The van der Waals surface area contributed by atoms with Gasteiger partial charge < -0.3 is 5.11 Å². The van der Waals surface area contributed by atoms with Gasteiger partial charge in [-0.25, -0.2) is 8.42 Å². The Balaban J connectivity index is 2.49. The van der Waals surface area contributed by atoms with Crippen LogP contribution in [-0.2, 0) is 10.0 Å². The minimum atomic E-state index is -3.03. The molecule has 5 nitrogen and oxygen atoms in total. The normalized spacial score (nSPS) is 22.9. The minimum Gasteiger partial charge on any atom is -0.395 e. The monoisotopic (exact) mass is 236 g/mol. The SMILES string of the molecule is CCS(=O)(=O)N1CCN(C(C)CO)CC1. The van der Waals surface area contributed by atoms with Crippen molar-refractivity contribution in [1.82, 2.24) is 9.21 Å². The summed E-state index contributed by atoms with van der Waals surface area (Å²) in [5.41, 5.74) is 0. The fourth-order valence-corrected chi connectivity index (χ4v) is 2.81. The number of aliphatic hydroxyl groups is 1. The van der Waals surface area contributed by atoms with Gasteiger partial charge >= 0.3 is 0 Å². The molecule has 1 aliphatic heterocycles. The summed E-state index contributed by atoms with van der Waals surface area (Å²) in [5, 5.41) is 8.99. The molecule has 1 fully saturated rings. The predicted octanol–water partition coefficient (Wildman–Crippen LogP) is -0.665. The van der Waals surface area contributed by atoms with Crippen molar-refractivity contribution in [2.75, 3.05) is 38.5 Å². The van der Waals surface area contributed by atoms with Crippen LogP contribution < -0.4 is 0 Å². The van der Waals surface area contributed by atoms with Gasteiger partial charge in [-0.15, -0.1) is 0 Å². The van der Waals surface area contributed by atoms with Crippen molar-refractivity contribution in [3.05, 3.63) is 0 Å².